The van der Waals surface area contributed by atoms with Gasteiger partial charge < -0.3 is 4.74 Å². The Morgan fingerprint density at radius 3 is 2.24 bits per heavy atom. The number of benzene rings is 1. The van der Waals surface area contributed by atoms with Crippen molar-refractivity contribution in [2.75, 3.05) is 0 Å². The number of hydrogen-bond acceptors (Lipinski definition) is 3. The smallest absolute Gasteiger partial charge is 0.274 e. The number of ether oxygens (including phenoxy) is 1. The van der Waals surface area contributed by atoms with Crippen molar-refractivity contribution in [3.8, 4) is 5.75 Å². The second-order valence-corrected chi connectivity index (χ2v) is 5.04. The monoisotopic (exact) mass is 236 g/mol. The fourth-order valence-electron chi connectivity index (χ4n) is 1.41. The van der Waals surface area contributed by atoms with Crippen molar-refractivity contribution in [2.24, 2.45) is 5.84 Å². The quantitative estimate of drug-likeness (QED) is 0.477. The number of hydrazine groups is 1. The Labute approximate surface area is 102 Å². The maximum absolute atomic E-state index is 11.2. The van der Waals surface area contributed by atoms with E-state index in [2.05, 4.69) is 26.2 Å². The van der Waals surface area contributed by atoms with E-state index in [1.807, 2.05) is 24.3 Å². The molecule has 4 heteroatoms. The summed E-state index contributed by atoms with van der Waals surface area (Å²) in [4.78, 5) is 11.2. The molecule has 0 aliphatic rings. The summed E-state index contributed by atoms with van der Waals surface area (Å²) in [6.07, 6.45) is -0.597. The van der Waals surface area contributed by atoms with Gasteiger partial charge in [-0.3, -0.25) is 10.2 Å². The van der Waals surface area contributed by atoms with E-state index in [9.17, 15) is 4.79 Å². The van der Waals surface area contributed by atoms with Crippen molar-refractivity contribution in [1.29, 1.82) is 0 Å². The average Bonchev–Trinajstić information content (AvgIpc) is 2.27. The van der Waals surface area contributed by atoms with Crippen LogP contribution in [0.5, 0.6) is 5.75 Å². The van der Waals surface area contributed by atoms with Gasteiger partial charge in [0.25, 0.3) is 5.91 Å². The Morgan fingerprint density at radius 1 is 1.29 bits per heavy atom. The minimum Gasteiger partial charge on any atom is -0.481 e. The molecule has 0 bridgehead atoms. The van der Waals surface area contributed by atoms with Crippen LogP contribution >= 0.6 is 0 Å². The number of carbonyl (C=O) groups is 1. The molecule has 0 aromatic heterocycles. The number of carbonyl (C=O) groups excluding carboxylic acids is 1. The Balaban J connectivity index is 2.72. The average molecular weight is 236 g/mol. The molecule has 17 heavy (non-hydrogen) atoms. The maximum atomic E-state index is 11.2. The molecule has 0 radical (unpaired) electrons. The molecule has 0 saturated carbocycles. The largest absolute Gasteiger partial charge is 0.481 e. The molecule has 0 unspecified atom stereocenters. The van der Waals surface area contributed by atoms with Crippen LogP contribution in [0, 0.1) is 0 Å². The molecule has 0 aliphatic carbocycles. The highest BCUT2D eigenvalue weighted by Crippen LogP contribution is 2.24. The van der Waals surface area contributed by atoms with Crippen LogP contribution in [-0.2, 0) is 10.2 Å². The number of nitrogens with one attached hydrogen (secondary N) is 1. The lowest BCUT2D eigenvalue weighted by Crippen LogP contribution is -2.40. The molecule has 1 amide bonds. The first-order chi connectivity index (χ1) is 7.84. The third kappa shape index (κ3) is 3.75. The molecule has 1 atom stereocenters. The van der Waals surface area contributed by atoms with Crippen LogP contribution in [0.2, 0.25) is 0 Å². The standard InChI is InChI=1S/C13H20N2O2/c1-9(12(16)15-14)17-11-7-5-10(6-8-11)13(2,3)4/h5-9H,14H2,1-4H3,(H,15,16)/t9-/m1/s1. The van der Waals surface area contributed by atoms with Gasteiger partial charge in [0.1, 0.15) is 5.75 Å². The number of hydrogen-bond donors (Lipinski definition) is 2. The molecule has 1 aromatic rings. The van der Waals surface area contributed by atoms with E-state index >= 15 is 0 Å². The summed E-state index contributed by atoms with van der Waals surface area (Å²) in [6.45, 7) is 8.09. The highest BCUT2D eigenvalue weighted by atomic mass is 16.5. The number of rotatable bonds is 3. The van der Waals surface area contributed by atoms with Crippen LogP contribution in [0.1, 0.15) is 33.3 Å². The zero-order chi connectivity index (χ0) is 13.1. The molecule has 1 rings (SSSR count). The van der Waals surface area contributed by atoms with Gasteiger partial charge in [0.2, 0.25) is 0 Å². The lowest BCUT2D eigenvalue weighted by Gasteiger charge is -2.19. The van der Waals surface area contributed by atoms with Crippen LogP contribution in [0.4, 0.5) is 0 Å². The van der Waals surface area contributed by atoms with Gasteiger partial charge in [-0.25, -0.2) is 5.84 Å². The minimum atomic E-state index is -0.597. The second-order valence-electron chi connectivity index (χ2n) is 5.04. The molecule has 0 heterocycles. The van der Waals surface area contributed by atoms with Gasteiger partial charge in [0, 0.05) is 0 Å². The van der Waals surface area contributed by atoms with Gasteiger partial charge >= 0.3 is 0 Å². The van der Waals surface area contributed by atoms with Crippen LogP contribution in [0.3, 0.4) is 0 Å². The van der Waals surface area contributed by atoms with Gasteiger partial charge in [-0.1, -0.05) is 32.9 Å². The van der Waals surface area contributed by atoms with Crippen molar-refractivity contribution >= 4 is 5.91 Å². The Hall–Kier alpha value is -1.55. The maximum Gasteiger partial charge on any atom is 0.274 e. The number of nitrogens with two attached hydrogens (primary N) is 1. The van der Waals surface area contributed by atoms with E-state index in [0.717, 1.165) is 0 Å². The predicted molar refractivity (Wildman–Crippen MR) is 67.6 cm³/mol. The van der Waals surface area contributed by atoms with Crippen LogP contribution in [0.15, 0.2) is 24.3 Å². The van der Waals surface area contributed by atoms with Crippen LogP contribution < -0.4 is 16.0 Å². The molecule has 0 spiro atoms. The van der Waals surface area contributed by atoms with Crippen LogP contribution in [-0.4, -0.2) is 12.0 Å². The molecule has 1 aromatic carbocycles. The van der Waals surface area contributed by atoms with Gasteiger partial charge in [0.15, 0.2) is 6.10 Å². The normalized spacial score (nSPS) is 13.0. The second kappa shape index (κ2) is 5.19. The van der Waals surface area contributed by atoms with Gasteiger partial charge in [0.05, 0.1) is 0 Å². The first-order valence-corrected chi connectivity index (χ1v) is 5.62. The van der Waals surface area contributed by atoms with E-state index in [0.29, 0.717) is 5.75 Å². The van der Waals surface area contributed by atoms with E-state index in [1.54, 1.807) is 6.92 Å². The molecule has 4 nitrogen and oxygen atoms in total. The Bertz CT molecular complexity index is 379. The minimum absolute atomic E-state index is 0.110. The summed E-state index contributed by atoms with van der Waals surface area (Å²) in [5.74, 6) is 5.35. The van der Waals surface area contributed by atoms with Crippen molar-refractivity contribution < 1.29 is 9.53 Å². The van der Waals surface area contributed by atoms with Gasteiger partial charge in [-0.05, 0) is 30.0 Å². The lowest BCUT2D eigenvalue weighted by atomic mass is 9.87. The van der Waals surface area contributed by atoms with Gasteiger partial charge in [-0.2, -0.15) is 0 Å². The Morgan fingerprint density at radius 2 is 1.82 bits per heavy atom. The lowest BCUT2D eigenvalue weighted by molar-refractivity contribution is -0.127. The third-order valence-electron chi connectivity index (χ3n) is 2.54. The first kappa shape index (κ1) is 13.5. The molecular weight excluding hydrogens is 216 g/mol. The zero-order valence-electron chi connectivity index (χ0n) is 10.8. The highest BCUT2D eigenvalue weighted by Gasteiger charge is 2.15. The fraction of sp³-hybridized carbons (Fsp3) is 0.462. The highest BCUT2D eigenvalue weighted by molar-refractivity contribution is 5.80. The summed E-state index contributed by atoms with van der Waals surface area (Å²) < 4.78 is 5.44. The molecule has 94 valence electrons. The van der Waals surface area contributed by atoms with Crippen LogP contribution in [0.25, 0.3) is 0 Å². The Kier molecular flexibility index (Phi) is 4.12. The van der Waals surface area contributed by atoms with Gasteiger partial charge in [-0.15, -0.1) is 0 Å². The van der Waals surface area contributed by atoms with Crippen molar-refractivity contribution in [2.45, 2.75) is 39.2 Å². The third-order valence-corrected chi connectivity index (χ3v) is 2.54. The SMILES string of the molecule is C[C@@H](Oc1ccc(C(C)(C)C)cc1)C(=O)NN. The molecule has 0 fully saturated rings. The fourth-order valence-corrected chi connectivity index (χ4v) is 1.41. The topological polar surface area (TPSA) is 64.3 Å². The van der Waals surface area contributed by atoms with Crippen molar-refractivity contribution in [1.82, 2.24) is 5.43 Å². The van der Waals surface area contributed by atoms with E-state index in [1.165, 1.54) is 5.56 Å². The van der Waals surface area contributed by atoms with E-state index < -0.39 is 6.10 Å². The van der Waals surface area contributed by atoms with E-state index in [-0.39, 0.29) is 11.3 Å². The first-order valence-electron chi connectivity index (χ1n) is 5.62. The summed E-state index contributed by atoms with van der Waals surface area (Å²) in [7, 11) is 0. The molecular formula is C13H20N2O2. The summed E-state index contributed by atoms with van der Waals surface area (Å²) in [6, 6.07) is 7.73. The molecule has 0 saturated heterocycles. The van der Waals surface area contributed by atoms with Crippen molar-refractivity contribution in [3.63, 3.8) is 0 Å². The van der Waals surface area contributed by atoms with E-state index in [4.69, 9.17) is 10.6 Å². The predicted octanol–water partition coefficient (Wildman–Crippen LogP) is 1.74. The summed E-state index contributed by atoms with van der Waals surface area (Å²) >= 11 is 0. The number of amides is 1. The zero-order valence-corrected chi connectivity index (χ0v) is 10.8. The molecule has 3 N–H and O–H groups in total. The summed E-state index contributed by atoms with van der Waals surface area (Å²) in [5, 5.41) is 0. The summed E-state index contributed by atoms with van der Waals surface area (Å²) in [5.41, 5.74) is 3.39. The molecule has 0 aliphatic heterocycles. The van der Waals surface area contributed by atoms with Crippen molar-refractivity contribution in [3.05, 3.63) is 29.8 Å².